The number of rotatable bonds is 4. The van der Waals surface area contributed by atoms with E-state index in [4.69, 9.17) is 9.47 Å². The summed E-state index contributed by atoms with van der Waals surface area (Å²) in [7, 11) is 0. The number of carbonyl (C=O) groups excluding carboxylic acids is 1. The quantitative estimate of drug-likeness (QED) is 0.687. The second-order valence-corrected chi connectivity index (χ2v) is 9.44. The number of fused-ring (bicyclic) bond motifs is 1. The van der Waals surface area contributed by atoms with Gasteiger partial charge in [0.25, 0.3) is 0 Å². The highest BCUT2D eigenvalue weighted by molar-refractivity contribution is 9.10. The molecular formula is C24H28BrN3O3. The van der Waals surface area contributed by atoms with Crippen molar-refractivity contribution >= 4 is 27.6 Å². The van der Waals surface area contributed by atoms with Crippen molar-refractivity contribution in [2.75, 3.05) is 44.3 Å². The Bertz CT molecular complexity index is 953. The molecule has 3 aliphatic heterocycles. The smallest absolute Gasteiger partial charge is 0.317 e. The van der Waals surface area contributed by atoms with Crippen molar-refractivity contribution in [3.05, 3.63) is 52.5 Å². The maximum Gasteiger partial charge on any atom is 0.317 e. The Balaban J connectivity index is 1.18. The first-order chi connectivity index (χ1) is 15.2. The second-order valence-electron chi connectivity index (χ2n) is 8.52. The number of anilines is 1. The minimum atomic E-state index is 0.0401. The normalized spacial score (nSPS) is 22.6. The molecule has 0 aromatic heterocycles. The number of carbonyl (C=O) groups is 1. The number of hydrogen-bond acceptors (Lipinski definition) is 4. The first-order valence-electron chi connectivity index (χ1n) is 11.1. The molecule has 31 heavy (non-hydrogen) atoms. The molecular weight excluding hydrogens is 458 g/mol. The number of benzene rings is 2. The van der Waals surface area contributed by atoms with Gasteiger partial charge in [0, 0.05) is 36.3 Å². The van der Waals surface area contributed by atoms with Crippen molar-refractivity contribution in [1.29, 1.82) is 0 Å². The minimum absolute atomic E-state index is 0.0401. The summed E-state index contributed by atoms with van der Waals surface area (Å²) in [5.41, 5.74) is 2.36. The van der Waals surface area contributed by atoms with Gasteiger partial charge in [0.1, 0.15) is 13.2 Å². The predicted molar refractivity (Wildman–Crippen MR) is 124 cm³/mol. The van der Waals surface area contributed by atoms with Crippen LogP contribution in [0, 0.1) is 5.92 Å². The standard InChI is InChI=1S/C24H28BrN3O3/c25-19-3-1-4-20(14-19)27-10-8-17(16-27)15-26-24(29)28-9-2-5-21(28)18-6-7-22-23(13-18)31-12-11-30-22/h1,3-4,6-7,13-14,17,21H,2,5,8-12,15-16H2,(H,26,29). The summed E-state index contributed by atoms with van der Waals surface area (Å²) in [5.74, 6) is 2.05. The zero-order chi connectivity index (χ0) is 21.2. The Morgan fingerprint density at radius 2 is 1.94 bits per heavy atom. The van der Waals surface area contributed by atoms with Gasteiger partial charge in [-0.3, -0.25) is 0 Å². The fourth-order valence-corrected chi connectivity index (χ4v) is 5.25. The summed E-state index contributed by atoms with van der Waals surface area (Å²) < 4.78 is 12.5. The van der Waals surface area contributed by atoms with E-state index in [9.17, 15) is 4.79 Å². The Labute approximate surface area is 191 Å². The minimum Gasteiger partial charge on any atom is -0.486 e. The lowest BCUT2D eigenvalue weighted by Gasteiger charge is -2.27. The van der Waals surface area contributed by atoms with Crippen LogP contribution >= 0.6 is 15.9 Å². The number of hydrogen-bond donors (Lipinski definition) is 1. The van der Waals surface area contributed by atoms with Crippen molar-refractivity contribution in [2.45, 2.75) is 25.3 Å². The molecule has 0 spiro atoms. The van der Waals surface area contributed by atoms with Gasteiger partial charge >= 0.3 is 6.03 Å². The topological polar surface area (TPSA) is 54.0 Å². The van der Waals surface area contributed by atoms with Gasteiger partial charge in [0.2, 0.25) is 0 Å². The average molecular weight is 486 g/mol. The molecule has 0 radical (unpaired) electrons. The molecule has 2 saturated heterocycles. The molecule has 5 rings (SSSR count). The highest BCUT2D eigenvalue weighted by Gasteiger charge is 2.32. The van der Waals surface area contributed by atoms with Crippen molar-refractivity contribution in [3.8, 4) is 11.5 Å². The molecule has 0 saturated carbocycles. The number of urea groups is 1. The third-order valence-electron chi connectivity index (χ3n) is 6.47. The molecule has 3 aliphatic rings. The molecule has 2 fully saturated rings. The molecule has 2 aromatic carbocycles. The average Bonchev–Trinajstić information content (AvgIpc) is 3.47. The Morgan fingerprint density at radius 3 is 2.81 bits per heavy atom. The van der Waals surface area contributed by atoms with Gasteiger partial charge in [-0.15, -0.1) is 0 Å². The maximum atomic E-state index is 13.0. The van der Waals surface area contributed by atoms with Crippen LogP contribution in [0.1, 0.15) is 30.9 Å². The molecule has 0 bridgehead atoms. The van der Waals surface area contributed by atoms with E-state index in [0.717, 1.165) is 60.4 Å². The van der Waals surface area contributed by atoms with Gasteiger partial charge in [0.15, 0.2) is 11.5 Å². The molecule has 3 heterocycles. The fraction of sp³-hybridized carbons (Fsp3) is 0.458. The first-order valence-corrected chi connectivity index (χ1v) is 11.9. The van der Waals surface area contributed by atoms with Crippen LogP contribution in [0.3, 0.4) is 0 Å². The van der Waals surface area contributed by atoms with E-state index in [0.29, 0.717) is 25.7 Å². The summed E-state index contributed by atoms with van der Waals surface area (Å²) in [6, 6.07) is 14.6. The molecule has 7 heteroatoms. The van der Waals surface area contributed by atoms with Crippen LogP contribution in [0.2, 0.25) is 0 Å². The molecule has 1 N–H and O–H groups in total. The summed E-state index contributed by atoms with van der Waals surface area (Å²) in [4.78, 5) is 17.4. The third-order valence-corrected chi connectivity index (χ3v) is 6.96. The zero-order valence-electron chi connectivity index (χ0n) is 17.6. The zero-order valence-corrected chi connectivity index (χ0v) is 19.1. The van der Waals surface area contributed by atoms with Gasteiger partial charge in [-0.2, -0.15) is 0 Å². The Morgan fingerprint density at radius 1 is 1.06 bits per heavy atom. The van der Waals surface area contributed by atoms with Crippen molar-refractivity contribution in [1.82, 2.24) is 10.2 Å². The van der Waals surface area contributed by atoms with Gasteiger partial charge in [-0.1, -0.05) is 28.1 Å². The van der Waals surface area contributed by atoms with E-state index >= 15 is 0 Å². The first kappa shape index (κ1) is 20.5. The molecule has 2 amide bonds. The van der Waals surface area contributed by atoms with Crippen LogP contribution in [-0.2, 0) is 0 Å². The molecule has 2 atom stereocenters. The second kappa shape index (κ2) is 8.99. The lowest BCUT2D eigenvalue weighted by atomic mass is 10.0. The van der Waals surface area contributed by atoms with E-state index < -0.39 is 0 Å². The van der Waals surface area contributed by atoms with E-state index in [1.54, 1.807) is 0 Å². The SMILES string of the molecule is O=C(NCC1CCN(c2cccc(Br)c2)C1)N1CCCC1c1ccc2c(c1)OCCO2. The van der Waals surface area contributed by atoms with E-state index in [1.165, 1.54) is 5.69 Å². The van der Waals surface area contributed by atoms with Gasteiger partial charge < -0.3 is 24.6 Å². The summed E-state index contributed by atoms with van der Waals surface area (Å²) >= 11 is 3.55. The molecule has 6 nitrogen and oxygen atoms in total. The summed E-state index contributed by atoms with van der Waals surface area (Å²) in [6.45, 7) is 4.67. The van der Waals surface area contributed by atoms with Crippen molar-refractivity contribution in [2.24, 2.45) is 5.92 Å². The molecule has 2 unspecified atom stereocenters. The number of nitrogens with one attached hydrogen (secondary N) is 1. The number of ether oxygens (including phenoxy) is 2. The Hall–Kier alpha value is -2.41. The van der Waals surface area contributed by atoms with Gasteiger partial charge in [-0.25, -0.2) is 4.79 Å². The van der Waals surface area contributed by atoms with Crippen LogP contribution < -0.4 is 19.7 Å². The predicted octanol–water partition coefficient (Wildman–Crippen LogP) is 4.59. The number of amides is 2. The van der Waals surface area contributed by atoms with E-state index in [2.05, 4.69) is 50.4 Å². The Kier molecular flexibility index (Phi) is 5.94. The molecule has 0 aliphatic carbocycles. The third kappa shape index (κ3) is 4.47. The summed E-state index contributed by atoms with van der Waals surface area (Å²) in [5, 5.41) is 3.21. The summed E-state index contributed by atoms with van der Waals surface area (Å²) in [6.07, 6.45) is 3.10. The monoisotopic (exact) mass is 485 g/mol. The highest BCUT2D eigenvalue weighted by atomic mass is 79.9. The fourth-order valence-electron chi connectivity index (χ4n) is 4.86. The van der Waals surface area contributed by atoms with Crippen LogP contribution in [0.15, 0.2) is 46.9 Å². The van der Waals surface area contributed by atoms with E-state index in [-0.39, 0.29) is 12.1 Å². The maximum absolute atomic E-state index is 13.0. The van der Waals surface area contributed by atoms with Crippen molar-refractivity contribution in [3.63, 3.8) is 0 Å². The lowest BCUT2D eigenvalue weighted by molar-refractivity contribution is 0.170. The number of halogens is 1. The van der Waals surface area contributed by atoms with Crippen LogP contribution in [0.25, 0.3) is 0 Å². The molecule has 2 aromatic rings. The van der Waals surface area contributed by atoms with Gasteiger partial charge in [0.05, 0.1) is 6.04 Å². The van der Waals surface area contributed by atoms with Crippen LogP contribution in [-0.4, -0.2) is 50.3 Å². The molecule has 164 valence electrons. The van der Waals surface area contributed by atoms with Gasteiger partial charge in [-0.05, 0) is 61.1 Å². The number of nitrogens with zero attached hydrogens (tertiary/aromatic N) is 2. The van der Waals surface area contributed by atoms with E-state index in [1.807, 2.05) is 23.1 Å². The van der Waals surface area contributed by atoms with Crippen LogP contribution in [0.4, 0.5) is 10.5 Å². The lowest BCUT2D eigenvalue weighted by Crippen LogP contribution is -2.41. The number of likely N-dealkylation sites (tertiary alicyclic amines) is 1. The van der Waals surface area contributed by atoms with Crippen molar-refractivity contribution < 1.29 is 14.3 Å². The largest absolute Gasteiger partial charge is 0.486 e. The highest BCUT2D eigenvalue weighted by Crippen LogP contribution is 2.38. The van der Waals surface area contributed by atoms with Crippen LogP contribution in [0.5, 0.6) is 11.5 Å².